The summed E-state index contributed by atoms with van der Waals surface area (Å²) in [7, 11) is 0. The lowest BCUT2D eigenvalue weighted by molar-refractivity contribution is -0.137. The van der Waals surface area contributed by atoms with E-state index in [4.69, 9.17) is 0 Å². The Bertz CT molecular complexity index is 274. The molecule has 2 N–H and O–H groups in total. The van der Waals surface area contributed by atoms with Gasteiger partial charge in [0.2, 0.25) is 11.8 Å². The highest BCUT2D eigenvalue weighted by Gasteiger charge is 2.33. The lowest BCUT2D eigenvalue weighted by Gasteiger charge is -2.32. The fourth-order valence-corrected chi connectivity index (χ4v) is 2.34. The molecule has 2 atom stereocenters. The Balaban J connectivity index is 2.11. The predicted octanol–water partition coefficient (Wildman–Crippen LogP) is -0.915. The second-order valence-electron chi connectivity index (χ2n) is 4.28. The molecule has 0 saturated carbocycles. The van der Waals surface area contributed by atoms with Gasteiger partial charge in [-0.25, -0.2) is 0 Å². The zero-order valence-electron chi connectivity index (χ0n) is 8.95. The molecule has 0 spiro atoms. The van der Waals surface area contributed by atoms with E-state index in [0.29, 0.717) is 6.54 Å². The summed E-state index contributed by atoms with van der Waals surface area (Å²) < 4.78 is 0. The van der Waals surface area contributed by atoms with Crippen molar-refractivity contribution in [3.05, 3.63) is 0 Å². The molecule has 2 aliphatic rings. The fraction of sp³-hybridized carbons (Fsp3) is 0.800. The van der Waals surface area contributed by atoms with E-state index in [9.17, 15) is 9.59 Å². The highest BCUT2D eigenvalue weighted by molar-refractivity contribution is 5.97. The summed E-state index contributed by atoms with van der Waals surface area (Å²) in [5.41, 5.74) is 0. The van der Waals surface area contributed by atoms with E-state index in [-0.39, 0.29) is 30.3 Å². The first kappa shape index (κ1) is 10.4. The van der Waals surface area contributed by atoms with E-state index in [0.717, 1.165) is 19.5 Å². The molecule has 0 aromatic rings. The Labute approximate surface area is 89.2 Å². The summed E-state index contributed by atoms with van der Waals surface area (Å²) in [6.45, 7) is 4.37. The third-order valence-corrected chi connectivity index (χ3v) is 3.10. The summed E-state index contributed by atoms with van der Waals surface area (Å²) in [5, 5.41) is 6.00. The Hall–Kier alpha value is -1.10. The van der Waals surface area contributed by atoms with E-state index in [1.807, 2.05) is 11.8 Å². The van der Waals surface area contributed by atoms with Crippen LogP contribution in [0.5, 0.6) is 0 Å². The van der Waals surface area contributed by atoms with Crippen molar-refractivity contribution < 1.29 is 9.59 Å². The van der Waals surface area contributed by atoms with Crippen molar-refractivity contribution in [2.75, 3.05) is 19.6 Å². The quantitative estimate of drug-likeness (QED) is 0.552. The first-order valence-electron chi connectivity index (χ1n) is 5.47. The Morgan fingerprint density at radius 3 is 2.80 bits per heavy atom. The molecule has 0 aromatic carbocycles. The topological polar surface area (TPSA) is 61.4 Å². The summed E-state index contributed by atoms with van der Waals surface area (Å²) >= 11 is 0. The van der Waals surface area contributed by atoms with Crippen molar-refractivity contribution in [1.29, 1.82) is 0 Å². The molecule has 2 amide bonds. The van der Waals surface area contributed by atoms with Gasteiger partial charge in [-0.05, 0) is 19.9 Å². The maximum Gasteiger partial charge on any atom is 0.232 e. The van der Waals surface area contributed by atoms with E-state index in [1.54, 1.807) is 0 Å². The summed E-state index contributed by atoms with van der Waals surface area (Å²) in [4.78, 5) is 25.0. The van der Waals surface area contributed by atoms with Gasteiger partial charge < -0.3 is 15.5 Å². The monoisotopic (exact) mass is 211 g/mol. The summed E-state index contributed by atoms with van der Waals surface area (Å²) in [6, 6.07) is 0.369. The lowest BCUT2D eigenvalue weighted by Crippen LogP contribution is -2.48. The van der Waals surface area contributed by atoms with Crippen molar-refractivity contribution >= 4 is 11.8 Å². The first-order chi connectivity index (χ1) is 7.18. The molecule has 5 nitrogen and oxygen atoms in total. The summed E-state index contributed by atoms with van der Waals surface area (Å²) in [5.74, 6) is -0.188. The molecule has 0 radical (unpaired) electrons. The van der Waals surface area contributed by atoms with Gasteiger partial charge in [-0.2, -0.15) is 0 Å². The molecule has 0 bridgehead atoms. The van der Waals surface area contributed by atoms with Crippen LogP contribution in [0.2, 0.25) is 0 Å². The van der Waals surface area contributed by atoms with Crippen LogP contribution in [0.15, 0.2) is 0 Å². The van der Waals surface area contributed by atoms with Crippen LogP contribution < -0.4 is 10.6 Å². The molecular weight excluding hydrogens is 194 g/mol. The van der Waals surface area contributed by atoms with Crippen molar-refractivity contribution in [2.45, 2.75) is 31.8 Å². The van der Waals surface area contributed by atoms with Crippen LogP contribution in [0.4, 0.5) is 0 Å². The molecule has 2 heterocycles. The van der Waals surface area contributed by atoms with Crippen LogP contribution in [0, 0.1) is 0 Å². The van der Waals surface area contributed by atoms with Gasteiger partial charge in [0.25, 0.3) is 0 Å². The highest BCUT2D eigenvalue weighted by Crippen LogP contribution is 2.15. The Morgan fingerprint density at radius 1 is 1.33 bits per heavy atom. The van der Waals surface area contributed by atoms with Gasteiger partial charge >= 0.3 is 0 Å². The third-order valence-electron chi connectivity index (χ3n) is 3.10. The van der Waals surface area contributed by atoms with Gasteiger partial charge in [0, 0.05) is 25.2 Å². The van der Waals surface area contributed by atoms with Gasteiger partial charge in [0.05, 0.1) is 0 Å². The van der Waals surface area contributed by atoms with E-state index in [2.05, 4.69) is 10.6 Å². The van der Waals surface area contributed by atoms with E-state index < -0.39 is 0 Å². The smallest absolute Gasteiger partial charge is 0.232 e. The van der Waals surface area contributed by atoms with Gasteiger partial charge in [0.15, 0.2) is 0 Å². The standard InChI is InChI=1S/C10H17N3O2/c1-7-5-12-9(14)4-10(15)13(7)8-2-3-11-6-8/h7-8,11H,2-6H2,1H3,(H,12,14). The zero-order chi connectivity index (χ0) is 10.8. The van der Waals surface area contributed by atoms with Crippen LogP contribution in [-0.2, 0) is 9.59 Å². The molecule has 0 aliphatic carbocycles. The number of hydrogen-bond acceptors (Lipinski definition) is 3. The number of carbonyl (C=O) groups is 2. The number of amides is 2. The van der Waals surface area contributed by atoms with Gasteiger partial charge in [-0.15, -0.1) is 0 Å². The Morgan fingerprint density at radius 2 is 2.13 bits per heavy atom. The summed E-state index contributed by atoms with van der Waals surface area (Å²) in [6.07, 6.45) is 0.991. The molecule has 84 valence electrons. The van der Waals surface area contributed by atoms with Crippen molar-refractivity contribution in [1.82, 2.24) is 15.5 Å². The third kappa shape index (κ3) is 2.12. The fourth-order valence-electron chi connectivity index (χ4n) is 2.34. The molecule has 2 unspecified atom stereocenters. The minimum atomic E-state index is -0.152. The highest BCUT2D eigenvalue weighted by atomic mass is 16.2. The molecule has 2 saturated heterocycles. The van der Waals surface area contributed by atoms with Crippen molar-refractivity contribution in [2.24, 2.45) is 0 Å². The second-order valence-corrected chi connectivity index (χ2v) is 4.28. The van der Waals surface area contributed by atoms with Crippen LogP contribution in [0.25, 0.3) is 0 Å². The van der Waals surface area contributed by atoms with E-state index >= 15 is 0 Å². The van der Waals surface area contributed by atoms with Crippen LogP contribution in [-0.4, -0.2) is 48.4 Å². The number of carbonyl (C=O) groups excluding carboxylic acids is 2. The second kappa shape index (κ2) is 4.18. The molecular formula is C10H17N3O2. The average molecular weight is 211 g/mol. The normalized spacial score (nSPS) is 32.7. The predicted molar refractivity (Wildman–Crippen MR) is 55.2 cm³/mol. The maximum atomic E-state index is 11.9. The largest absolute Gasteiger partial charge is 0.354 e. The lowest BCUT2D eigenvalue weighted by atomic mass is 10.1. The number of hydrogen-bond donors (Lipinski definition) is 2. The first-order valence-corrected chi connectivity index (χ1v) is 5.47. The molecule has 2 fully saturated rings. The number of nitrogens with one attached hydrogen (secondary N) is 2. The van der Waals surface area contributed by atoms with Crippen molar-refractivity contribution in [3.8, 4) is 0 Å². The van der Waals surface area contributed by atoms with Crippen LogP contribution >= 0.6 is 0 Å². The number of rotatable bonds is 1. The zero-order valence-corrected chi connectivity index (χ0v) is 8.95. The molecule has 5 heteroatoms. The number of nitrogens with zero attached hydrogens (tertiary/aromatic N) is 1. The van der Waals surface area contributed by atoms with Gasteiger partial charge in [0.1, 0.15) is 6.42 Å². The van der Waals surface area contributed by atoms with E-state index in [1.165, 1.54) is 0 Å². The van der Waals surface area contributed by atoms with Gasteiger partial charge in [-0.3, -0.25) is 9.59 Å². The average Bonchev–Trinajstić information content (AvgIpc) is 2.64. The molecule has 2 rings (SSSR count). The van der Waals surface area contributed by atoms with Crippen molar-refractivity contribution in [3.63, 3.8) is 0 Å². The minimum Gasteiger partial charge on any atom is -0.354 e. The molecule has 2 aliphatic heterocycles. The molecule has 15 heavy (non-hydrogen) atoms. The minimum absolute atomic E-state index is 0.000833. The van der Waals surface area contributed by atoms with Gasteiger partial charge in [-0.1, -0.05) is 0 Å². The van der Waals surface area contributed by atoms with Crippen LogP contribution in [0.1, 0.15) is 19.8 Å². The molecule has 0 aromatic heterocycles. The van der Waals surface area contributed by atoms with Crippen LogP contribution in [0.3, 0.4) is 0 Å². The SMILES string of the molecule is CC1CNC(=O)CC(=O)N1C1CCNC1. The Kier molecular flexibility index (Phi) is 2.90. The maximum absolute atomic E-state index is 11.9.